The van der Waals surface area contributed by atoms with Crippen LogP contribution in [-0.4, -0.2) is 36.2 Å². The van der Waals surface area contributed by atoms with Crippen molar-refractivity contribution in [2.24, 2.45) is 0 Å². The molecule has 0 bridgehead atoms. The van der Waals surface area contributed by atoms with Gasteiger partial charge >= 0.3 is 0 Å². The minimum atomic E-state index is -0.209. The molecule has 1 heterocycles. The van der Waals surface area contributed by atoms with Crippen LogP contribution in [0.5, 0.6) is 5.75 Å². The monoisotopic (exact) mass is 401 g/mol. The van der Waals surface area contributed by atoms with E-state index in [1.165, 1.54) is 0 Å². The molecule has 0 aliphatic heterocycles. The molecule has 0 radical (unpaired) electrons. The predicted octanol–water partition coefficient (Wildman–Crippen LogP) is 3.79. The summed E-state index contributed by atoms with van der Waals surface area (Å²) >= 11 is 3.20. The molecule has 3 rings (SSSR count). The van der Waals surface area contributed by atoms with Gasteiger partial charge in [-0.3, -0.25) is 9.59 Å². The molecule has 6 nitrogen and oxygen atoms in total. The summed E-state index contributed by atoms with van der Waals surface area (Å²) in [6.45, 7) is 2.36. The third-order valence-corrected chi connectivity index (χ3v) is 5.67. The summed E-state index contributed by atoms with van der Waals surface area (Å²) in [5, 5.41) is 5.55. The number of ether oxygens (including phenoxy) is 1. The lowest BCUT2D eigenvalue weighted by molar-refractivity contribution is -0.122. The van der Waals surface area contributed by atoms with Crippen molar-refractivity contribution < 1.29 is 14.3 Å². The fourth-order valence-electron chi connectivity index (χ4n) is 2.37. The first-order chi connectivity index (χ1) is 13.1. The quantitative estimate of drug-likeness (QED) is 0.589. The van der Waals surface area contributed by atoms with Crippen LogP contribution in [-0.2, 0) is 4.79 Å². The van der Waals surface area contributed by atoms with Crippen molar-refractivity contribution in [3.63, 3.8) is 0 Å². The number of carbonyl (C=O) groups is 2. The Kier molecular flexibility index (Phi) is 6.31. The molecule has 0 fully saturated rings. The van der Waals surface area contributed by atoms with Gasteiger partial charge in [-0.1, -0.05) is 11.8 Å². The third kappa shape index (κ3) is 4.99. The summed E-state index contributed by atoms with van der Waals surface area (Å²) < 4.78 is 7.41. The van der Waals surface area contributed by atoms with E-state index in [-0.39, 0.29) is 18.4 Å². The second kappa shape index (κ2) is 8.88. The van der Waals surface area contributed by atoms with E-state index >= 15 is 0 Å². The number of rotatable bonds is 7. The van der Waals surface area contributed by atoms with Crippen LogP contribution in [0.1, 0.15) is 17.3 Å². The predicted molar refractivity (Wildman–Crippen MR) is 110 cm³/mol. The molecule has 1 aromatic heterocycles. The Morgan fingerprint density at radius 2 is 1.96 bits per heavy atom. The fraction of sp³-hybridized carbons (Fsp3) is 0.211. The Balaban J connectivity index is 1.63. The van der Waals surface area contributed by atoms with Crippen LogP contribution >= 0.6 is 23.1 Å². The van der Waals surface area contributed by atoms with Gasteiger partial charge in [-0.05, 0) is 55.6 Å². The Morgan fingerprint density at radius 1 is 1.19 bits per heavy atom. The molecule has 3 aromatic rings. The van der Waals surface area contributed by atoms with Crippen molar-refractivity contribution in [1.29, 1.82) is 0 Å². The Bertz CT molecular complexity index is 954. The average Bonchev–Trinajstić information content (AvgIpc) is 3.09. The van der Waals surface area contributed by atoms with Crippen molar-refractivity contribution in [3.05, 3.63) is 48.0 Å². The fourth-order valence-corrected chi connectivity index (χ4v) is 3.90. The molecule has 2 amide bonds. The first-order valence-corrected chi connectivity index (χ1v) is 10.4. The highest BCUT2D eigenvalue weighted by atomic mass is 32.2. The van der Waals surface area contributed by atoms with E-state index in [0.717, 1.165) is 20.2 Å². The summed E-state index contributed by atoms with van der Waals surface area (Å²) in [5.74, 6) is 0.148. The van der Waals surface area contributed by atoms with Gasteiger partial charge in [0.2, 0.25) is 0 Å². The van der Waals surface area contributed by atoms with Crippen molar-refractivity contribution in [1.82, 2.24) is 10.3 Å². The normalized spacial score (nSPS) is 10.6. The van der Waals surface area contributed by atoms with E-state index in [1.54, 1.807) is 47.4 Å². The van der Waals surface area contributed by atoms with Gasteiger partial charge in [-0.2, -0.15) is 0 Å². The number of aromatic nitrogens is 1. The second-order valence-electron chi connectivity index (χ2n) is 5.59. The molecule has 0 unspecified atom stereocenters. The molecular weight excluding hydrogens is 382 g/mol. The highest BCUT2D eigenvalue weighted by molar-refractivity contribution is 8.00. The van der Waals surface area contributed by atoms with Crippen LogP contribution in [0.2, 0.25) is 0 Å². The molecule has 0 aliphatic rings. The van der Waals surface area contributed by atoms with E-state index in [9.17, 15) is 9.59 Å². The maximum atomic E-state index is 12.4. The summed E-state index contributed by atoms with van der Waals surface area (Å²) in [6.07, 6.45) is 1.99. The van der Waals surface area contributed by atoms with Gasteiger partial charge in [0.25, 0.3) is 11.8 Å². The molecule has 0 atom stereocenters. The van der Waals surface area contributed by atoms with E-state index < -0.39 is 0 Å². The van der Waals surface area contributed by atoms with Gasteiger partial charge < -0.3 is 15.4 Å². The van der Waals surface area contributed by atoms with Gasteiger partial charge in [0.1, 0.15) is 5.75 Å². The SMILES string of the molecule is CCNC(=O)COc1ccc(C(=O)Nc2ccc3nc(SC)sc3c2)cc1. The smallest absolute Gasteiger partial charge is 0.257 e. The Hall–Kier alpha value is -2.58. The van der Waals surface area contributed by atoms with Crippen LogP contribution < -0.4 is 15.4 Å². The minimum Gasteiger partial charge on any atom is -0.484 e. The van der Waals surface area contributed by atoms with Crippen LogP contribution in [0.15, 0.2) is 46.8 Å². The van der Waals surface area contributed by atoms with Gasteiger partial charge in [-0.15, -0.1) is 11.3 Å². The average molecular weight is 402 g/mol. The number of carbonyl (C=O) groups excluding carboxylic acids is 2. The van der Waals surface area contributed by atoms with Crippen LogP contribution in [0.3, 0.4) is 0 Å². The number of hydrogen-bond donors (Lipinski definition) is 2. The van der Waals surface area contributed by atoms with Gasteiger partial charge in [0.05, 0.1) is 10.2 Å². The number of nitrogens with one attached hydrogen (secondary N) is 2. The summed E-state index contributed by atoms with van der Waals surface area (Å²) in [7, 11) is 0. The number of amides is 2. The van der Waals surface area contributed by atoms with E-state index in [1.807, 2.05) is 31.4 Å². The molecule has 2 N–H and O–H groups in total. The molecule has 140 valence electrons. The van der Waals surface area contributed by atoms with Crippen LogP contribution in [0.25, 0.3) is 10.2 Å². The zero-order valence-corrected chi connectivity index (χ0v) is 16.6. The molecule has 27 heavy (non-hydrogen) atoms. The zero-order valence-electron chi connectivity index (χ0n) is 14.9. The van der Waals surface area contributed by atoms with Crippen LogP contribution in [0, 0.1) is 0 Å². The largest absolute Gasteiger partial charge is 0.484 e. The minimum absolute atomic E-state index is 0.0493. The Morgan fingerprint density at radius 3 is 2.67 bits per heavy atom. The second-order valence-corrected chi connectivity index (χ2v) is 7.67. The molecule has 0 saturated heterocycles. The van der Waals surface area contributed by atoms with Crippen molar-refractivity contribution in [2.75, 3.05) is 24.7 Å². The van der Waals surface area contributed by atoms with E-state index in [2.05, 4.69) is 15.6 Å². The highest BCUT2D eigenvalue weighted by Crippen LogP contribution is 2.30. The van der Waals surface area contributed by atoms with Gasteiger partial charge in [-0.25, -0.2) is 4.98 Å². The molecule has 8 heteroatoms. The lowest BCUT2D eigenvalue weighted by Gasteiger charge is -2.08. The number of hydrogen-bond acceptors (Lipinski definition) is 6. The molecule has 0 saturated carbocycles. The summed E-state index contributed by atoms with van der Waals surface area (Å²) in [6, 6.07) is 12.3. The zero-order chi connectivity index (χ0) is 19.2. The first-order valence-electron chi connectivity index (χ1n) is 8.34. The van der Waals surface area contributed by atoms with Gasteiger partial charge in [0, 0.05) is 17.8 Å². The van der Waals surface area contributed by atoms with Crippen LogP contribution in [0.4, 0.5) is 5.69 Å². The van der Waals surface area contributed by atoms with Gasteiger partial charge in [0.15, 0.2) is 10.9 Å². The number of thioether (sulfide) groups is 1. The summed E-state index contributed by atoms with van der Waals surface area (Å²) in [4.78, 5) is 28.3. The number of thiazole rings is 1. The van der Waals surface area contributed by atoms with Crippen molar-refractivity contribution >= 4 is 50.8 Å². The molecule has 0 aliphatic carbocycles. The molecule has 2 aromatic carbocycles. The lowest BCUT2D eigenvalue weighted by Crippen LogP contribution is -2.28. The maximum Gasteiger partial charge on any atom is 0.257 e. The third-order valence-electron chi connectivity index (χ3n) is 3.66. The number of nitrogens with zero attached hydrogens (tertiary/aromatic N) is 1. The molecular formula is C19H19N3O3S2. The van der Waals surface area contributed by atoms with E-state index in [0.29, 0.717) is 17.9 Å². The standard InChI is InChI=1S/C19H19N3O3S2/c1-3-20-17(23)11-25-14-7-4-12(5-8-14)18(24)21-13-6-9-15-16(10-13)27-19(22-15)26-2/h4-10H,3,11H2,1-2H3,(H,20,23)(H,21,24). The van der Waals surface area contributed by atoms with E-state index in [4.69, 9.17) is 4.74 Å². The number of benzene rings is 2. The lowest BCUT2D eigenvalue weighted by atomic mass is 10.2. The van der Waals surface area contributed by atoms with Crippen molar-refractivity contribution in [3.8, 4) is 5.75 Å². The highest BCUT2D eigenvalue weighted by Gasteiger charge is 2.09. The number of likely N-dealkylation sites (N-methyl/N-ethyl adjacent to an activating group) is 1. The maximum absolute atomic E-state index is 12.4. The number of anilines is 1. The first kappa shape index (κ1) is 19.2. The summed E-state index contributed by atoms with van der Waals surface area (Å²) in [5.41, 5.74) is 2.16. The molecule has 0 spiro atoms. The topological polar surface area (TPSA) is 80.3 Å². The Labute approximate surface area is 165 Å². The number of fused-ring (bicyclic) bond motifs is 1. The van der Waals surface area contributed by atoms with Crippen molar-refractivity contribution in [2.45, 2.75) is 11.3 Å².